The number of nitrogens with zero attached hydrogens (tertiary/aromatic N) is 3. The van der Waals surface area contributed by atoms with Crippen molar-refractivity contribution in [2.24, 2.45) is 4.99 Å². The number of hydrogen-bond donors (Lipinski definition) is 2. The fraction of sp³-hybridized carbons (Fsp3) is 0.621. The number of hydrogen-bond acceptors (Lipinski definition) is 8. The van der Waals surface area contributed by atoms with E-state index in [4.69, 9.17) is 19.3 Å². The lowest BCUT2D eigenvalue weighted by Crippen LogP contribution is -2.63. The summed E-state index contributed by atoms with van der Waals surface area (Å²) >= 11 is 0. The average molecular weight is 593 g/mol. The lowest BCUT2D eigenvalue weighted by molar-refractivity contribution is -0.102. The van der Waals surface area contributed by atoms with E-state index < -0.39 is 21.7 Å². The predicted molar refractivity (Wildman–Crippen MR) is 163 cm³/mol. The van der Waals surface area contributed by atoms with E-state index >= 15 is 0 Å². The van der Waals surface area contributed by atoms with Crippen LogP contribution in [0.5, 0.6) is 0 Å². The highest BCUT2D eigenvalue weighted by atomic mass is 32.2. The number of fused-ring (bicyclic) bond motifs is 3. The Morgan fingerprint density at radius 1 is 1.02 bits per heavy atom. The molecule has 2 heterocycles. The second kappa shape index (κ2) is 13.6. The van der Waals surface area contributed by atoms with Crippen molar-refractivity contribution >= 4 is 44.2 Å². The Morgan fingerprint density at radius 3 is 2.37 bits per heavy atom. The van der Waals surface area contributed by atoms with Gasteiger partial charge in [0.1, 0.15) is 19.8 Å². The molecule has 11 nitrogen and oxygen atoms in total. The fourth-order valence-corrected chi connectivity index (χ4v) is 6.06. The molecule has 0 spiro atoms. The third-order valence-corrected chi connectivity index (χ3v) is 7.25. The van der Waals surface area contributed by atoms with E-state index in [1.165, 1.54) is 0 Å². The molecule has 1 aromatic carbocycles. The number of ether oxygens (including phenoxy) is 2. The Morgan fingerprint density at radius 2 is 1.71 bits per heavy atom. The summed E-state index contributed by atoms with van der Waals surface area (Å²) in [5, 5.41) is 3.68. The number of para-hydroxylation sites is 1. The van der Waals surface area contributed by atoms with Gasteiger partial charge in [0.2, 0.25) is 15.7 Å². The van der Waals surface area contributed by atoms with Gasteiger partial charge in [-0.05, 0) is 72.9 Å². The third-order valence-electron chi connectivity index (χ3n) is 6.33. The maximum Gasteiger partial charge on any atom is 0.407 e. The monoisotopic (exact) mass is 592 g/mol. The second-order valence-corrected chi connectivity index (χ2v) is 13.8. The summed E-state index contributed by atoms with van der Waals surface area (Å²) in [6, 6.07) is 7.81. The van der Waals surface area contributed by atoms with Crippen molar-refractivity contribution in [2.45, 2.75) is 78.3 Å². The first-order valence-electron chi connectivity index (χ1n) is 14.2. The molecule has 1 aliphatic heterocycles. The van der Waals surface area contributed by atoms with Crippen LogP contribution in [-0.4, -0.2) is 75.6 Å². The van der Waals surface area contributed by atoms with Gasteiger partial charge in [-0.3, -0.25) is 4.98 Å². The largest absolute Gasteiger partial charge is 0.450 e. The molecule has 0 saturated heterocycles. The minimum absolute atomic E-state index is 0.0933. The molecule has 1 aromatic heterocycles. The molecule has 228 valence electrons. The molecule has 2 aromatic rings. The summed E-state index contributed by atoms with van der Waals surface area (Å²) in [6.07, 6.45) is 5.73. The number of aliphatic imine (C=N–C) groups is 1. The number of alkyl carbamates (subject to hydrolysis) is 1. The van der Waals surface area contributed by atoms with E-state index in [1.54, 1.807) is 6.20 Å². The van der Waals surface area contributed by atoms with Gasteiger partial charge in [-0.2, -0.15) is 9.83 Å². The van der Waals surface area contributed by atoms with Gasteiger partial charge in [-0.1, -0.05) is 23.2 Å². The molecule has 0 saturated carbocycles. The molecule has 0 fully saturated rings. The molecular weight excluding hydrogens is 546 g/mol. The first-order chi connectivity index (χ1) is 19.2. The van der Waals surface area contributed by atoms with E-state index in [9.17, 15) is 13.2 Å². The number of pyridine rings is 1. The molecule has 1 atom stereocenters. The molecule has 1 amide bonds. The minimum Gasteiger partial charge on any atom is -0.450 e. The molecule has 12 heteroatoms. The quantitative estimate of drug-likeness (QED) is 0.221. The third kappa shape index (κ3) is 9.44. The summed E-state index contributed by atoms with van der Waals surface area (Å²) in [5.41, 5.74) is 1.09. The van der Waals surface area contributed by atoms with Crippen LogP contribution in [0.25, 0.3) is 10.9 Å². The van der Waals surface area contributed by atoms with Gasteiger partial charge in [0, 0.05) is 12.1 Å². The highest BCUT2D eigenvalue weighted by molar-refractivity contribution is 7.88. The zero-order chi connectivity index (χ0) is 30.3. The smallest absolute Gasteiger partial charge is 0.407 e. The van der Waals surface area contributed by atoms with Gasteiger partial charge in [-0.15, -0.1) is 0 Å². The molecule has 3 rings (SSSR count). The number of benzene rings is 1. The molecule has 1 aliphatic rings. The highest BCUT2D eigenvalue weighted by Gasteiger charge is 2.52. The van der Waals surface area contributed by atoms with Crippen LogP contribution in [0, 0.1) is 0 Å². The van der Waals surface area contributed by atoms with Crippen molar-refractivity contribution in [2.75, 3.05) is 39.2 Å². The number of hydroxylamine groups is 2. The van der Waals surface area contributed by atoms with Crippen LogP contribution < -0.4 is 14.7 Å². The number of aromatic nitrogens is 1. The molecule has 41 heavy (non-hydrogen) atoms. The van der Waals surface area contributed by atoms with Crippen LogP contribution in [-0.2, 0) is 24.3 Å². The zero-order valence-corrected chi connectivity index (χ0v) is 26.3. The Labute approximate surface area is 244 Å². The van der Waals surface area contributed by atoms with Crippen molar-refractivity contribution < 1.29 is 27.5 Å². The molecule has 1 unspecified atom stereocenters. The Hall–Kier alpha value is -2.64. The fourth-order valence-electron chi connectivity index (χ4n) is 4.99. The number of unbranched alkanes of at least 4 members (excludes halogenated alkanes) is 3. The van der Waals surface area contributed by atoms with E-state index in [-0.39, 0.29) is 23.3 Å². The lowest BCUT2D eigenvalue weighted by Gasteiger charge is -2.38. The maximum atomic E-state index is 12.3. The number of carbonyl (C=O) groups is 1. The summed E-state index contributed by atoms with van der Waals surface area (Å²) in [4.78, 5) is 28.1. The van der Waals surface area contributed by atoms with Gasteiger partial charge >= 0.3 is 6.09 Å². The average Bonchev–Trinajstić information content (AvgIpc) is 3.14. The van der Waals surface area contributed by atoms with E-state index in [2.05, 4.69) is 15.0 Å². The number of carbonyl (C=O) groups excluding carboxylic acids is 1. The normalized spacial score (nSPS) is 17.4. The molecular formula is C29H46N5O6S+. The SMILES string of the molecule is CCOCC1=Nc2cnc3ccccc3c2[N+]1(CC(C)(C)NS(C)(=O)=O)OCCCCCCOC(=O)NC(C)(C)C. The van der Waals surface area contributed by atoms with Crippen LogP contribution in [0.15, 0.2) is 35.5 Å². The molecule has 0 bridgehead atoms. The summed E-state index contributed by atoms with van der Waals surface area (Å²) in [7, 11) is -3.50. The molecule has 0 radical (unpaired) electrons. The van der Waals surface area contributed by atoms with Gasteiger partial charge in [0.15, 0.2) is 5.69 Å². The highest BCUT2D eigenvalue weighted by Crippen LogP contribution is 2.46. The number of nitrogens with one attached hydrogen (secondary N) is 2. The van der Waals surface area contributed by atoms with Crippen molar-refractivity contribution in [3.8, 4) is 0 Å². The van der Waals surface area contributed by atoms with Gasteiger partial charge in [0.25, 0.3) is 5.84 Å². The number of quaternary nitrogens is 1. The van der Waals surface area contributed by atoms with Crippen molar-refractivity contribution in [3.05, 3.63) is 30.5 Å². The van der Waals surface area contributed by atoms with E-state index in [0.29, 0.717) is 31.3 Å². The minimum atomic E-state index is -3.50. The van der Waals surface area contributed by atoms with Gasteiger partial charge in [-0.25, -0.2) is 17.9 Å². The summed E-state index contributed by atoms with van der Waals surface area (Å²) < 4.78 is 38.3. The first kappa shape index (κ1) is 32.9. The van der Waals surface area contributed by atoms with E-state index in [1.807, 2.05) is 65.8 Å². The van der Waals surface area contributed by atoms with Crippen molar-refractivity contribution in [1.29, 1.82) is 0 Å². The Bertz CT molecular complexity index is 1340. The molecule has 0 aliphatic carbocycles. The number of rotatable bonds is 15. The Balaban J connectivity index is 1.80. The summed E-state index contributed by atoms with van der Waals surface area (Å²) in [5.74, 6) is 0.640. The van der Waals surface area contributed by atoms with Gasteiger partial charge < -0.3 is 14.8 Å². The topological polar surface area (TPSA) is 128 Å². The second-order valence-electron chi connectivity index (χ2n) is 12.1. The van der Waals surface area contributed by atoms with Crippen LogP contribution in [0.1, 0.15) is 67.2 Å². The predicted octanol–water partition coefficient (Wildman–Crippen LogP) is 4.97. The number of amidine groups is 1. The molecule has 2 N–H and O–H groups in total. The summed E-state index contributed by atoms with van der Waals surface area (Å²) in [6.45, 7) is 13.1. The van der Waals surface area contributed by atoms with Crippen molar-refractivity contribution in [3.63, 3.8) is 0 Å². The maximum absolute atomic E-state index is 12.3. The Kier molecular flexibility index (Phi) is 10.9. The number of sulfonamides is 1. The lowest BCUT2D eigenvalue weighted by atomic mass is 10.0. The van der Waals surface area contributed by atoms with Crippen LogP contribution in [0.3, 0.4) is 0 Å². The first-order valence-corrected chi connectivity index (χ1v) is 16.1. The standard InChI is InChI=1S/C29H45N5O6S/c1-8-38-20-25-31-24-19-30-23-16-12-11-15-22(23)26(24)34(25,21-29(5,6)33-41(7,36)37)40-18-14-10-9-13-17-39-27(35)32-28(2,3)4/h11-12,15-16,19,33H,8-10,13-14,17-18,20-21H2,1-7H3/p+1. The number of amides is 1. The van der Waals surface area contributed by atoms with Crippen LogP contribution in [0.4, 0.5) is 16.2 Å². The van der Waals surface area contributed by atoms with Crippen LogP contribution >= 0.6 is 0 Å². The van der Waals surface area contributed by atoms with Gasteiger partial charge in [0.05, 0.1) is 35.5 Å². The van der Waals surface area contributed by atoms with E-state index in [0.717, 1.165) is 48.5 Å². The van der Waals surface area contributed by atoms with Crippen molar-refractivity contribution in [1.82, 2.24) is 19.7 Å². The van der Waals surface area contributed by atoms with Crippen LogP contribution in [0.2, 0.25) is 0 Å². The zero-order valence-electron chi connectivity index (χ0n) is 25.5.